The van der Waals surface area contributed by atoms with Crippen molar-refractivity contribution in [2.24, 2.45) is 0 Å². The highest BCUT2D eigenvalue weighted by molar-refractivity contribution is 5.77. The van der Waals surface area contributed by atoms with Crippen LogP contribution in [0.2, 0.25) is 0 Å². The van der Waals surface area contributed by atoms with E-state index in [0.717, 1.165) is 19.2 Å². The molecule has 0 aromatic heterocycles. The summed E-state index contributed by atoms with van der Waals surface area (Å²) in [4.78, 5) is 11.3. The van der Waals surface area contributed by atoms with Crippen molar-refractivity contribution in [1.29, 1.82) is 0 Å². The van der Waals surface area contributed by atoms with Crippen LogP contribution in [0.4, 0.5) is 8.78 Å². The van der Waals surface area contributed by atoms with Crippen LogP contribution in [-0.4, -0.2) is 25.0 Å². The fraction of sp³-hybridized carbons (Fsp3) is 0.417. The lowest BCUT2D eigenvalue weighted by atomic mass is 9.97. The smallest absolute Gasteiger partial charge is 0.339 e. The van der Waals surface area contributed by atoms with Gasteiger partial charge in [0.05, 0.1) is 7.11 Å². The molecule has 1 aromatic carbocycles. The summed E-state index contributed by atoms with van der Waals surface area (Å²) in [6.45, 7) is 0.569. The molecule has 1 atom stereocenters. The molecule has 19 heavy (non-hydrogen) atoms. The van der Waals surface area contributed by atoms with Gasteiger partial charge in [-0.1, -0.05) is 0 Å². The summed E-state index contributed by atoms with van der Waals surface area (Å²) in [5.41, 5.74) is -0.766. The molecule has 0 aliphatic carbocycles. The van der Waals surface area contributed by atoms with Crippen LogP contribution in [-0.2, 0) is 15.5 Å². The van der Waals surface area contributed by atoms with Crippen LogP contribution in [0.5, 0.6) is 11.5 Å². The first-order chi connectivity index (χ1) is 8.84. The van der Waals surface area contributed by atoms with Crippen molar-refractivity contribution in [3.63, 3.8) is 0 Å². The Morgan fingerprint density at radius 1 is 1.42 bits per heavy atom. The SMILES string of the molecule is COC(=O)C(O)c1cc2c(cc1C(C)(F)F)OCO2. The quantitative estimate of drug-likeness (QED) is 0.850. The maximum atomic E-state index is 13.6. The highest BCUT2D eigenvalue weighted by Gasteiger charge is 2.35. The zero-order valence-corrected chi connectivity index (χ0v) is 10.3. The Hall–Kier alpha value is -1.89. The van der Waals surface area contributed by atoms with Gasteiger partial charge in [-0.3, -0.25) is 0 Å². The van der Waals surface area contributed by atoms with E-state index in [0.29, 0.717) is 6.92 Å². The van der Waals surface area contributed by atoms with Crippen molar-refractivity contribution in [2.45, 2.75) is 19.0 Å². The van der Waals surface area contributed by atoms with Gasteiger partial charge in [0.25, 0.3) is 5.92 Å². The second-order valence-corrected chi connectivity index (χ2v) is 4.11. The molecule has 1 N–H and O–H groups in total. The van der Waals surface area contributed by atoms with E-state index in [2.05, 4.69) is 4.74 Å². The Morgan fingerprint density at radius 3 is 2.53 bits per heavy atom. The number of fused-ring (bicyclic) bond motifs is 1. The van der Waals surface area contributed by atoms with E-state index < -0.39 is 23.6 Å². The van der Waals surface area contributed by atoms with Gasteiger partial charge >= 0.3 is 5.97 Å². The predicted octanol–water partition coefficient (Wildman–Crippen LogP) is 1.73. The van der Waals surface area contributed by atoms with Crippen LogP contribution in [0.15, 0.2) is 12.1 Å². The number of hydrogen-bond acceptors (Lipinski definition) is 5. The van der Waals surface area contributed by atoms with Gasteiger partial charge in [-0.25, -0.2) is 13.6 Å². The number of rotatable bonds is 3. The maximum absolute atomic E-state index is 13.6. The molecule has 5 nitrogen and oxygen atoms in total. The van der Waals surface area contributed by atoms with Crippen LogP contribution in [0.3, 0.4) is 0 Å². The van der Waals surface area contributed by atoms with E-state index in [1.54, 1.807) is 0 Å². The van der Waals surface area contributed by atoms with E-state index in [-0.39, 0.29) is 23.9 Å². The molecule has 2 rings (SSSR count). The minimum Gasteiger partial charge on any atom is -0.467 e. The van der Waals surface area contributed by atoms with Gasteiger partial charge in [-0.05, 0) is 12.1 Å². The lowest BCUT2D eigenvalue weighted by molar-refractivity contribution is -0.150. The number of carbonyl (C=O) groups is 1. The van der Waals surface area contributed by atoms with Crippen molar-refractivity contribution < 1.29 is 32.9 Å². The molecule has 7 heteroatoms. The molecule has 0 radical (unpaired) electrons. The number of hydrogen-bond donors (Lipinski definition) is 1. The molecular weight excluding hydrogens is 262 g/mol. The van der Waals surface area contributed by atoms with Gasteiger partial charge in [-0.15, -0.1) is 0 Å². The molecule has 1 aliphatic heterocycles. The van der Waals surface area contributed by atoms with E-state index in [1.165, 1.54) is 0 Å². The van der Waals surface area contributed by atoms with Crippen molar-refractivity contribution in [2.75, 3.05) is 13.9 Å². The number of carbonyl (C=O) groups excluding carboxylic acids is 1. The Balaban J connectivity index is 2.54. The standard InChI is InChI=1S/C12H12F2O5/c1-12(13,14)7-4-9-8(18-5-19-9)3-6(7)10(15)11(16)17-2/h3-4,10,15H,5H2,1-2H3. The second kappa shape index (κ2) is 4.65. The first kappa shape index (κ1) is 13.5. The highest BCUT2D eigenvalue weighted by Crippen LogP contribution is 2.42. The zero-order chi connectivity index (χ0) is 14.2. The van der Waals surface area contributed by atoms with E-state index in [1.807, 2.05) is 0 Å². The minimum absolute atomic E-state index is 0.0954. The summed E-state index contributed by atoms with van der Waals surface area (Å²) in [7, 11) is 1.06. The first-order valence-corrected chi connectivity index (χ1v) is 5.42. The largest absolute Gasteiger partial charge is 0.467 e. The zero-order valence-electron chi connectivity index (χ0n) is 10.3. The Morgan fingerprint density at radius 2 is 2.00 bits per heavy atom. The monoisotopic (exact) mass is 274 g/mol. The number of ether oxygens (including phenoxy) is 3. The van der Waals surface area contributed by atoms with E-state index in [4.69, 9.17) is 9.47 Å². The van der Waals surface area contributed by atoms with Crippen LogP contribution in [0, 0.1) is 0 Å². The number of methoxy groups -OCH3 is 1. The van der Waals surface area contributed by atoms with Crippen molar-refractivity contribution in [3.8, 4) is 11.5 Å². The van der Waals surface area contributed by atoms with Crippen LogP contribution >= 0.6 is 0 Å². The molecule has 1 aromatic rings. The maximum Gasteiger partial charge on any atom is 0.339 e. The average Bonchev–Trinajstić information content (AvgIpc) is 2.81. The lowest BCUT2D eigenvalue weighted by Gasteiger charge is -2.19. The number of benzene rings is 1. The van der Waals surface area contributed by atoms with Gasteiger partial charge < -0.3 is 19.3 Å². The fourth-order valence-electron chi connectivity index (χ4n) is 1.80. The normalized spacial score (nSPS) is 15.2. The van der Waals surface area contributed by atoms with Gasteiger partial charge in [0.15, 0.2) is 17.6 Å². The lowest BCUT2D eigenvalue weighted by Crippen LogP contribution is -2.19. The van der Waals surface area contributed by atoms with Gasteiger partial charge in [0.1, 0.15) is 0 Å². The van der Waals surface area contributed by atoms with Gasteiger partial charge in [0, 0.05) is 18.1 Å². The van der Waals surface area contributed by atoms with Gasteiger partial charge in [0.2, 0.25) is 6.79 Å². The topological polar surface area (TPSA) is 65.0 Å². The third-order valence-corrected chi connectivity index (χ3v) is 2.74. The Kier molecular flexibility index (Phi) is 3.32. The molecular formula is C12H12F2O5. The van der Waals surface area contributed by atoms with E-state index >= 15 is 0 Å². The first-order valence-electron chi connectivity index (χ1n) is 5.42. The van der Waals surface area contributed by atoms with Gasteiger partial charge in [-0.2, -0.15) is 0 Å². The Bertz CT molecular complexity index is 510. The summed E-state index contributed by atoms with van der Waals surface area (Å²) in [6.07, 6.45) is -1.81. The molecule has 1 heterocycles. The third-order valence-electron chi connectivity index (χ3n) is 2.74. The molecule has 1 unspecified atom stereocenters. The van der Waals surface area contributed by atoms with Crippen molar-refractivity contribution in [3.05, 3.63) is 23.3 Å². The summed E-state index contributed by atoms with van der Waals surface area (Å²) in [6, 6.07) is 2.22. The van der Waals surface area contributed by atoms with E-state index in [9.17, 15) is 18.7 Å². The van der Waals surface area contributed by atoms with Crippen LogP contribution in [0.1, 0.15) is 24.2 Å². The number of alkyl halides is 2. The molecule has 0 spiro atoms. The number of esters is 1. The van der Waals surface area contributed by atoms with Crippen molar-refractivity contribution in [1.82, 2.24) is 0 Å². The highest BCUT2D eigenvalue weighted by atomic mass is 19.3. The third kappa shape index (κ3) is 2.46. The molecule has 0 fully saturated rings. The summed E-state index contributed by atoms with van der Waals surface area (Å²) in [5, 5.41) is 9.76. The molecule has 0 saturated heterocycles. The van der Waals surface area contributed by atoms with Crippen LogP contribution in [0.25, 0.3) is 0 Å². The number of aliphatic hydroxyl groups is 1. The number of aliphatic hydroxyl groups excluding tert-OH is 1. The molecule has 0 saturated carbocycles. The van der Waals surface area contributed by atoms with Crippen molar-refractivity contribution >= 4 is 5.97 Å². The number of halogens is 2. The Labute approximate surface area is 107 Å². The fourth-order valence-corrected chi connectivity index (χ4v) is 1.80. The average molecular weight is 274 g/mol. The summed E-state index contributed by atoms with van der Waals surface area (Å²) >= 11 is 0. The summed E-state index contributed by atoms with van der Waals surface area (Å²) < 4.78 is 41.5. The molecule has 0 bridgehead atoms. The summed E-state index contributed by atoms with van der Waals surface area (Å²) in [5.74, 6) is -3.92. The molecule has 104 valence electrons. The minimum atomic E-state index is -3.24. The van der Waals surface area contributed by atoms with Crippen LogP contribution < -0.4 is 9.47 Å². The molecule has 0 amide bonds. The molecule has 1 aliphatic rings. The second-order valence-electron chi connectivity index (χ2n) is 4.11. The predicted molar refractivity (Wildman–Crippen MR) is 59.1 cm³/mol.